The van der Waals surface area contributed by atoms with Crippen molar-refractivity contribution in [3.05, 3.63) is 71.3 Å². The molecule has 0 spiro atoms. The third-order valence-electron chi connectivity index (χ3n) is 5.78. The maximum Gasteiger partial charge on any atom is 0.167 e. The molecule has 0 radical (unpaired) electrons. The fourth-order valence-corrected chi connectivity index (χ4v) is 3.93. The minimum atomic E-state index is -1.15. The van der Waals surface area contributed by atoms with Gasteiger partial charge in [0.25, 0.3) is 0 Å². The van der Waals surface area contributed by atoms with Crippen molar-refractivity contribution in [2.45, 2.75) is 33.0 Å². The molecule has 11 heteroatoms. The maximum absolute atomic E-state index is 12.4. The summed E-state index contributed by atoms with van der Waals surface area (Å²) in [7, 11) is 0. The minimum Gasteiger partial charge on any atom is -0.507 e. The number of hydrogen-bond donors (Lipinski definition) is 4. The Balaban J connectivity index is 1.59. The van der Waals surface area contributed by atoms with Crippen LogP contribution in [0.1, 0.15) is 51.8 Å². The van der Waals surface area contributed by atoms with E-state index in [1.165, 1.54) is 69.3 Å². The molecule has 0 aromatic heterocycles. The molecule has 3 aromatic rings. The lowest BCUT2D eigenvalue weighted by Gasteiger charge is -2.19. The topological polar surface area (TPSA) is 169 Å². The van der Waals surface area contributed by atoms with Gasteiger partial charge < -0.3 is 39.4 Å². The Hall–Kier alpha value is -4.61. The van der Waals surface area contributed by atoms with Crippen molar-refractivity contribution in [1.82, 2.24) is 0 Å². The standard InChI is InChI=1S/C30H32O11/c1-17(31)28-22(36)7-4-9-24(28)38-13-20(34)15-40-26-11-6-12-27(30(26)19(3)33)41-16-21(35)14-39-25-10-5-8-23(37)29(25)18(2)32/h4-12,20-21,34-37H,13-16H2,1-3H3. The molecule has 3 aromatic carbocycles. The summed E-state index contributed by atoms with van der Waals surface area (Å²) in [5, 5.41) is 40.6. The Morgan fingerprint density at radius 2 is 0.805 bits per heavy atom. The summed E-state index contributed by atoms with van der Waals surface area (Å²) in [6.07, 6.45) is -2.31. The average molecular weight is 569 g/mol. The van der Waals surface area contributed by atoms with Crippen molar-refractivity contribution in [3.63, 3.8) is 0 Å². The molecule has 0 aliphatic heterocycles. The number of aliphatic hydroxyl groups is 2. The fraction of sp³-hybridized carbons (Fsp3) is 0.300. The second kappa shape index (κ2) is 14.1. The maximum atomic E-state index is 12.4. The van der Waals surface area contributed by atoms with Gasteiger partial charge in [0.05, 0.1) is 0 Å². The lowest BCUT2D eigenvalue weighted by molar-refractivity contribution is 0.0583. The summed E-state index contributed by atoms with van der Waals surface area (Å²) in [5.41, 5.74) is 0.0868. The van der Waals surface area contributed by atoms with Crippen LogP contribution in [0.4, 0.5) is 0 Å². The summed E-state index contributed by atoms with van der Waals surface area (Å²) in [6.45, 7) is 2.83. The van der Waals surface area contributed by atoms with Crippen LogP contribution >= 0.6 is 0 Å². The van der Waals surface area contributed by atoms with Gasteiger partial charge in [-0.2, -0.15) is 0 Å². The molecular weight excluding hydrogens is 536 g/mol. The number of Topliss-reactive ketones (excluding diaryl/α,β-unsaturated/α-hetero) is 3. The second-order valence-corrected chi connectivity index (χ2v) is 9.15. The molecule has 2 atom stereocenters. The number of phenolic OH excluding ortho intramolecular Hbond substituents is 2. The SMILES string of the molecule is CC(=O)c1c(O)cccc1OCC(O)COc1cccc(OCC(O)COc2cccc(O)c2C(C)=O)c1C(C)=O. The summed E-state index contributed by atoms with van der Waals surface area (Å²) in [5.74, 6) is -1.17. The van der Waals surface area contributed by atoms with Gasteiger partial charge in [-0.1, -0.05) is 18.2 Å². The molecule has 0 saturated heterocycles. The third kappa shape index (κ3) is 8.19. The predicted molar refractivity (Wildman–Crippen MR) is 147 cm³/mol. The van der Waals surface area contributed by atoms with Crippen molar-refractivity contribution in [3.8, 4) is 34.5 Å². The summed E-state index contributed by atoms with van der Waals surface area (Å²) >= 11 is 0. The second-order valence-electron chi connectivity index (χ2n) is 9.15. The number of carbonyl (C=O) groups is 3. The molecule has 0 aliphatic rings. The van der Waals surface area contributed by atoms with E-state index in [0.717, 1.165) is 0 Å². The molecule has 41 heavy (non-hydrogen) atoms. The average Bonchev–Trinajstić information content (AvgIpc) is 2.91. The number of hydrogen-bond acceptors (Lipinski definition) is 11. The van der Waals surface area contributed by atoms with Crippen molar-refractivity contribution in [2.75, 3.05) is 26.4 Å². The van der Waals surface area contributed by atoms with Crippen LogP contribution in [0, 0.1) is 0 Å². The van der Waals surface area contributed by atoms with Crippen LogP contribution in [0.2, 0.25) is 0 Å². The van der Waals surface area contributed by atoms with E-state index in [1.54, 1.807) is 6.07 Å². The summed E-state index contributed by atoms with van der Waals surface area (Å²) in [4.78, 5) is 36.0. The lowest BCUT2D eigenvalue weighted by Crippen LogP contribution is -2.26. The van der Waals surface area contributed by atoms with Gasteiger partial charge in [0, 0.05) is 0 Å². The first-order valence-electron chi connectivity index (χ1n) is 12.7. The van der Waals surface area contributed by atoms with Gasteiger partial charge in [0.1, 0.15) is 89.8 Å². The summed E-state index contributed by atoms with van der Waals surface area (Å²) < 4.78 is 22.3. The molecule has 3 rings (SSSR count). The third-order valence-corrected chi connectivity index (χ3v) is 5.78. The molecule has 4 N–H and O–H groups in total. The Bertz CT molecular complexity index is 1300. The first-order chi connectivity index (χ1) is 19.5. The highest BCUT2D eigenvalue weighted by Crippen LogP contribution is 2.31. The molecular formula is C30H32O11. The van der Waals surface area contributed by atoms with Gasteiger partial charge in [0.15, 0.2) is 17.3 Å². The molecule has 0 heterocycles. The van der Waals surface area contributed by atoms with Gasteiger partial charge in [-0.15, -0.1) is 0 Å². The molecule has 0 saturated carbocycles. The lowest BCUT2D eigenvalue weighted by atomic mass is 10.1. The van der Waals surface area contributed by atoms with Gasteiger partial charge in [-0.05, 0) is 57.2 Å². The predicted octanol–water partition coefficient (Wildman–Crippen LogP) is 3.34. The van der Waals surface area contributed by atoms with E-state index >= 15 is 0 Å². The molecule has 0 aliphatic carbocycles. The Morgan fingerprint density at radius 1 is 0.537 bits per heavy atom. The van der Waals surface area contributed by atoms with E-state index in [0.29, 0.717) is 0 Å². The number of carbonyl (C=O) groups excluding carboxylic acids is 3. The first-order valence-corrected chi connectivity index (χ1v) is 12.7. The van der Waals surface area contributed by atoms with Gasteiger partial charge in [-0.3, -0.25) is 14.4 Å². The van der Waals surface area contributed by atoms with E-state index < -0.39 is 23.8 Å². The highest BCUT2D eigenvalue weighted by Gasteiger charge is 2.20. The minimum absolute atomic E-state index is 0.00173. The van der Waals surface area contributed by atoms with E-state index in [4.69, 9.17) is 18.9 Å². The van der Waals surface area contributed by atoms with Gasteiger partial charge >= 0.3 is 0 Å². The number of aromatic hydroxyl groups is 2. The van der Waals surface area contributed by atoms with Crippen LogP contribution in [0.15, 0.2) is 54.6 Å². The number of ketones is 3. The number of phenols is 2. The molecule has 11 nitrogen and oxygen atoms in total. The molecule has 0 fully saturated rings. The number of ether oxygens (including phenoxy) is 4. The highest BCUT2D eigenvalue weighted by molar-refractivity contribution is 6.00. The zero-order valence-electron chi connectivity index (χ0n) is 22.8. The van der Waals surface area contributed by atoms with Crippen molar-refractivity contribution in [1.29, 1.82) is 0 Å². The molecule has 2 unspecified atom stereocenters. The van der Waals surface area contributed by atoms with Crippen LogP contribution in [-0.4, -0.2) is 76.4 Å². The van der Waals surface area contributed by atoms with E-state index in [9.17, 15) is 34.8 Å². The Morgan fingerprint density at radius 3 is 1.10 bits per heavy atom. The van der Waals surface area contributed by atoms with E-state index in [1.807, 2.05) is 0 Å². The van der Waals surface area contributed by atoms with Crippen molar-refractivity contribution >= 4 is 17.3 Å². The van der Waals surface area contributed by atoms with Gasteiger partial charge in [-0.25, -0.2) is 0 Å². The largest absolute Gasteiger partial charge is 0.507 e. The highest BCUT2D eigenvalue weighted by atomic mass is 16.5. The molecule has 218 valence electrons. The van der Waals surface area contributed by atoms with Crippen molar-refractivity contribution in [2.24, 2.45) is 0 Å². The Labute approximate surface area is 236 Å². The van der Waals surface area contributed by atoms with Crippen LogP contribution in [0.25, 0.3) is 0 Å². The van der Waals surface area contributed by atoms with Crippen LogP contribution in [-0.2, 0) is 0 Å². The number of rotatable bonds is 15. The van der Waals surface area contributed by atoms with E-state index in [2.05, 4.69) is 0 Å². The summed E-state index contributed by atoms with van der Waals surface area (Å²) in [6, 6.07) is 13.3. The quantitative estimate of drug-likeness (QED) is 0.198. The van der Waals surface area contributed by atoms with Gasteiger partial charge in [0.2, 0.25) is 0 Å². The fourth-order valence-electron chi connectivity index (χ4n) is 3.93. The molecule has 0 bridgehead atoms. The smallest absolute Gasteiger partial charge is 0.167 e. The van der Waals surface area contributed by atoms with Crippen LogP contribution in [0.3, 0.4) is 0 Å². The monoisotopic (exact) mass is 568 g/mol. The zero-order valence-corrected chi connectivity index (χ0v) is 22.8. The first kappa shape index (κ1) is 30.9. The normalized spacial score (nSPS) is 12.2. The Kier molecular flexibility index (Phi) is 10.7. The van der Waals surface area contributed by atoms with Crippen molar-refractivity contribution < 1.29 is 53.8 Å². The van der Waals surface area contributed by atoms with E-state index in [-0.39, 0.29) is 83.4 Å². The van der Waals surface area contributed by atoms with Crippen LogP contribution in [0.5, 0.6) is 34.5 Å². The number of benzene rings is 3. The molecule has 0 amide bonds. The zero-order chi connectivity index (χ0) is 30.1. The number of aliphatic hydroxyl groups excluding tert-OH is 2. The van der Waals surface area contributed by atoms with Crippen LogP contribution < -0.4 is 18.9 Å².